The van der Waals surface area contributed by atoms with E-state index in [0.29, 0.717) is 13.2 Å². The van der Waals surface area contributed by atoms with Gasteiger partial charge in [0.05, 0.1) is 17.8 Å². The van der Waals surface area contributed by atoms with Crippen LogP contribution >= 0.6 is 0 Å². The van der Waals surface area contributed by atoms with E-state index in [1.165, 1.54) is 0 Å². The van der Waals surface area contributed by atoms with Crippen LogP contribution in [0.4, 0.5) is 0 Å². The lowest BCUT2D eigenvalue weighted by Crippen LogP contribution is -2.41. The van der Waals surface area contributed by atoms with E-state index in [1.54, 1.807) is 7.11 Å². The van der Waals surface area contributed by atoms with Gasteiger partial charge in [-0.3, -0.25) is 0 Å². The molecule has 3 rings (SSSR count). The van der Waals surface area contributed by atoms with E-state index in [-0.39, 0.29) is 18.3 Å². The van der Waals surface area contributed by atoms with Crippen LogP contribution < -0.4 is 10.2 Å². The van der Waals surface area contributed by atoms with Gasteiger partial charge in [0, 0.05) is 7.11 Å². The monoisotopic (exact) mass is 354 g/mol. The fourth-order valence-electron chi connectivity index (χ4n) is 2.80. The molecule has 1 aliphatic rings. The Morgan fingerprint density at radius 1 is 0.769 bits per heavy atom. The maximum Gasteiger partial charge on any atom is 0.494 e. The highest BCUT2D eigenvalue weighted by Gasteiger charge is 2.51. The van der Waals surface area contributed by atoms with Crippen molar-refractivity contribution in [3.63, 3.8) is 0 Å². The molecule has 1 heterocycles. The summed E-state index contributed by atoms with van der Waals surface area (Å²) in [5.74, 6) is 0.847. The maximum absolute atomic E-state index is 6.11. The van der Waals surface area contributed by atoms with Crippen LogP contribution in [0.5, 0.6) is 5.75 Å². The topological polar surface area (TPSA) is 36.9 Å². The smallest absolute Gasteiger partial charge is 0.491 e. The number of benzene rings is 2. The Labute approximate surface area is 156 Å². The number of rotatable bonds is 6. The summed E-state index contributed by atoms with van der Waals surface area (Å²) in [7, 11) is 1.34. The fraction of sp³-hybridized carbons (Fsp3) is 0.429. The highest BCUT2D eigenvalue weighted by molar-refractivity contribution is 6.62. The molecule has 5 heteroatoms. The molecule has 26 heavy (non-hydrogen) atoms. The average molecular weight is 354 g/mol. The van der Waals surface area contributed by atoms with Crippen LogP contribution in [-0.4, -0.2) is 38.6 Å². The Balaban J connectivity index is 1.68. The van der Waals surface area contributed by atoms with Gasteiger partial charge in [-0.15, -0.1) is 0 Å². The van der Waals surface area contributed by atoms with E-state index in [4.69, 9.17) is 18.8 Å². The molecule has 0 bridgehead atoms. The van der Waals surface area contributed by atoms with Crippen molar-refractivity contribution in [2.75, 3.05) is 20.3 Å². The molecule has 0 radical (unpaired) electrons. The molecule has 4 nitrogen and oxygen atoms in total. The summed E-state index contributed by atoms with van der Waals surface area (Å²) >= 11 is 0. The minimum Gasteiger partial charge on any atom is -0.491 e. The molecule has 0 atom stereocenters. The molecule has 2 aromatic rings. The molecule has 138 valence electrons. The first kappa shape index (κ1) is 19.0. The van der Waals surface area contributed by atoms with Crippen molar-refractivity contribution >= 4 is 12.6 Å². The zero-order valence-corrected chi connectivity index (χ0v) is 16.2. The third-order valence-corrected chi connectivity index (χ3v) is 5.18. The highest BCUT2D eigenvalue weighted by atomic mass is 16.7. The molecule has 0 aromatic heterocycles. The lowest BCUT2D eigenvalue weighted by atomic mass is 9.78. The van der Waals surface area contributed by atoms with Gasteiger partial charge in [0.25, 0.3) is 0 Å². The van der Waals surface area contributed by atoms with Crippen LogP contribution in [0.25, 0.3) is 11.1 Å². The van der Waals surface area contributed by atoms with Crippen molar-refractivity contribution in [2.24, 2.45) is 0 Å². The molecule has 1 aliphatic heterocycles. The number of hydrogen-bond donors (Lipinski definition) is 0. The zero-order valence-electron chi connectivity index (χ0n) is 16.2. The van der Waals surface area contributed by atoms with Crippen molar-refractivity contribution in [3.8, 4) is 16.9 Å². The predicted octanol–water partition coefficient (Wildman–Crippen LogP) is 3.68. The van der Waals surface area contributed by atoms with Gasteiger partial charge in [-0.2, -0.15) is 0 Å². The third-order valence-electron chi connectivity index (χ3n) is 5.18. The molecule has 0 aliphatic carbocycles. The Bertz CT molecular complexity index is 707. The summed E-state index contributed by atoms with van der Waals surface area (Å²) in [5.41, 5.74) is 2.68. The quantitative estimate of drug-likeness (QED) is 0.586. The minimum absolute atomic E-state index is 0.324. The van der Waals surface area contributed by atoms with Crippen LogP contribution in [0.2, 0.25) is 0 Å². The van der Waals surface area contributed by atoms with E-state index >= 15 is 0 Å². The first-order chi connectivity index (χ1) is 12.3. The minimum atomic E-state index is -0.328. The molecule has 1 saturated heterocycles. The van der Waals surface area contributed by atoms with Crippen molar-refractivity contribution in [3.05, 3.63) is 48.5 Å². The Morgan fingerprint density at radius 2 is 1.27 bits per heavy atom. The van der Waals surface area contributed by atoms with Crippen LogP contribution in [0.15, 0.2) is 48.5 Å². The van der Waals surface area contributed by atoms with Gasteiger partial charge in [0.1, 0.15) is 12.4 Å². The van der Waals surface area contributed by atoms with Crippen LogP contribution in [0.1, 0.15) is 27.7 Å². The molecule has 0 amide bonds. The van der Waals surface area contributed by atoms with Gasteiger partial charge in [0.15, 0.2) is 0 Å². The van der Waals surface area contributed by atoms with Gasteiger partial charge in [-0.05, 0) is 56.4 Å². The molecular formula is C21H27BO4. The lowest BCUT2D eigenvalue weighted by molar-refractivity contribution is 0.00578. The highest BCUT2D eigenvalue weighted by Crippen LogP contribution is 2.36. The predicted molar refractivity (Wildman–Crippen MR) is 105 cm³/mol. The van der Waals surface area contributed by atoms with Crippen molar-refractivity contribution < 1.29 is 18.8 Å². The molecule has 1 fully saturated rings. The fourth-order valence-corrected chi connectivity index (χ4v) is 2.80. The molecule has 0 unspecified atom stereocenters. The van der Waals surface area contributed by atoms with E-state index in [2.05, 4.69) is 64.1 Å². The number of hydrogen-bond acceptors (Lipinski definition) is 4. The van der Waals surface area contributed by atoms with E-state index in [1.807, 2.05) is 12.1 Å². The standard InChI is InChI=1S/C21H27BO4/c1-20(2)21(3,4)26-22(25-20)18-10-6-16(7-11-18)17-8-12-19(13-9-17)24-15-14-23-5/h6-13H,14-15H2,1-5H3. The van der Waals surface area contributed by atoms with E-state index < -0.39 is 0 Å². The van der Waals surface area contributed by atoms with Gasteiger partial charge < -0.3 is 18.8 Å². The summed E-state index contributed by atoms with van der Waals surface area (Å²) in [6.45, 7) is 9.41. The maximum atomic E-state index is 6.11. The second-order valence-corrected chi connectivity index (χ2v) is 7.58. The zero-order chi connectivity index (χ0) is 18.8. The summed E-state index contributed by atoms with van der Waals surface area (Å²) < 4.78 is 22.8. The van der Waals surface area contributed by atoms with Crippen LogP contribution in [0.3, 0.4) is 0 Å². The van der Waals surface area contributed by atoms with Crippen LogP contribution in [-0.2, 0) is 14.0 Å². The summed E-state index contributed by atoms with van der Waals surface area (Å²) in [6, 6.07) is 16.4. The second kappa shape index (κ2) is 7.43. The normalized spacial score (nSPS) is 18.1. The number of ether oxygens (including phenoxy) is 2. The van der Waals surface area contributed by atoms with Crippen molar-refractivity contribution in [1.82, 2.24) is 0 Å². The van der Waals surface area contributed by atoms with Crippen molar-refractivity contribution in [2.45, 2.75) is 38.9 Å². The molecule has 0 saturated carbocycles. The van der Waals surface area contributed by atoms with Gasteiger partial charge in [-0.25, -0.2) is 0 Å². The first-order valence-electron chi connectivity index (χ1n) is 9.00. The summed E-state index contributed by atoms with van der Waals surface area (Å²) in [6.07, 6.45) is 0. The first-order valence-corrected chi connectivity index (χ1v) is 9.00. The number of methoxy groups -OCH3 is 1. The summed E-state index contributed by atoms with van der Waals surface area (Å²) in [5, 5.41) is 0. The lowest BCUT2D eigenvalue weighted by Gasteiger charge is -2.32. The Hall–Kier alpha value is -1.82. The van der Waals surface area contributed by atoms with E-state index in [0.717, 1.165) is 22.3 Å². The third kappa shape index (κ3) is 3.95. The van der Waals surface area contributed by atoms with Crippen LogP contribution in [0, 0.1) is 0 Å². The summed E-state index contributed by atoms with van der Waals surface area (Å²) in [4.78, 5) is 0. The van der Waals surface area contributed by atoms with Gasteiger partial charge in [0.2, 0.25) is 0 Å². The molecular weight excluding hydrogens is 327 g/mol. The average Bonchev–Trinajstić information content (AvgIpc) is 2.84. The largest absolute Gasteiger partial charge is 0.494 e. The molecule has 2 aromatic carbocycles. The van der Waals surface area contributed by atoms with Gasteiger partial charge in [-0.1, -0.05) is 36.4 Å². The van der Waals surface area contributed by atoms with Crippen molar-refractivity contribution in [1.29, 1.82) is 0 Å². The Morgan fingerprint density at radius 3 is 1.77 bits per heavy atom. The second-order valence-electron chi connectivity index (χ2n) is 7.58. The molecule has 0 spiro atoms. The van der Waals surface area contributed by atoms with Gasteiger partial charge >= 0.3 is 7.12 Å². The Kier molecular flexibility index (Phi) is 5.42. The van der Waals surface area contributed by atoms with E-state index in [9.17, 15) is 0 Å². The molecule has 0 N–H and O–H groups in total. The SMILES string of the molecule is COCCOc1ccc(-c2ccc(B3OC(C)(C)C(C)(C)O3)cc2)cc1.